The van der Waals surface area contributed by atoms with Gasteiger partial charge in [-0.15, -0.1) is 24.0 Å². The zero-order valence-electron chi connectivity index (χ0n) is 13.6. The molecule has 0 amide bonds. The van der Waals surface area contributed by atoms with Crippen LogP contribution in [-0.2, 0) is 9.84 Å². The van der Waals surface area contributed by atoms with Gasteiger partial charge in [-0.3, -0.25) is 9.89 Å². The molecule has 1 aliphatic rings. The Balaban J connectivity index is 0.00000264. The van der Waals surface area contributed by atoms with Crippen molar-refractivity contribution < 1.29 is 8.42 Å². The summed E-state index contributed by atoms with van der Waals surface area (Å²) in [5.74, 6) is 0.869. The normalized spacial score (nSPS) is 18.3. The lowest BCUT2D eigenvalue weighted by molar-refractivity contribution is 0.304. The van der Waals surface area contributed by atoms with Gasteiger partial charge in [0.25, 0.3) is 0 Å². The highest BCUT2D eigenvalue weighted by atomic mass is 127. The van der Waals surface area contributed by atoms with Crippen LogP contribution in [0.4, 0.5) is 5.69 Å². The van der Waals surface area contributed by atoms with E-state index in [9.17, 15) is 8.42 Å². The molecule has 0 spiro atoms. The first-order valence-corrected chi connectivity index (χ1v) is 9.25. The van der Waals surface area contributed by atoms with Gasteiger partial charge in [0.1, 0.15) is 0 Å². The van der Waals surface area contributed by atoms with Crippen LogP contribution in [0.3, 0.4) is 0 Å². The minimum atomic E-state index is -2.82. The van der Waals surface area contributed by atoms with Crippen molar-refractivity contribution in [2.75, 3.05) is 43.0 Å². The van der Waals surface area contributed by atoms with E-state index in [0.717, 1.165) is 12.2 Å². The number of halogens is 1. The van der Waals surface area contributed by atoms with Crippen molar-refractivity contribution in [2.24, 2.45) is 10.7 Å². The van der Waals surface area contributed by atoms with Crippen LogP contribution in [0.15, 0.2) is 23.2 Å². The lowest BCUT2D eigenvalue weighted by Gasteiger charge is -2.25. The van der Waals surface area contributed by atoms with E-state index < -0.39 is 9.84 Å². The van der Waals surface area contributed by atoms with E-state index in [1.807, 2.05) is 18.2 Å². The third-order valence-electron chi connectivity index (χ3n) is 3.91. The summed E-state index contributed by atoms with van der Waals surface area (Å²) < 4.78 is 22.7. The van der Waals surface area contributed by atoms with Crippen LogP contribution in [0, 0.1) is 13.8 Å². The second-order valence-corrected chi connectivity index (χ2v) is 7.99. The molecule has 0 aliphatic carbocycles. The Labute approximate surface area is 155 Å². The highest BCUT2D eigenvalue weighted by Gasteiger charge is 2.20. The van der Waals surface area contributed by atoms with E-state index in [1.165, 1.54) is 11.1 Å². The predicted molar refractivity (Wildman–Crippen MR) is 107 cm³/mol. The Hall–Kier alpha value is -0.870. The molecule has 3 N–H and O–H groups in total. The number of benzene rings is 1. The predicted octanol–water partition coefficient (Wildman–Crippen LogP) is 1.38. The molecule has 1 saturated heterocycles. The number of guanidine groups is 1. The fourth-order valence-electron chi connectivity index (χ4n) is 2.29. The van der Waals surface area contributed by atoms with E-state index in [2.05, 4.69) is 29.1 Å². The number of hydrogen-bond donors (Lipinski definition) is 2. The zero-order chi connectivity index (χ0) is 16.2. The van der Waals surface area contributed by atoms with Crippen LogP contribution < -0.4 is 11.1 Å². The molecule has 0 radical (unpaired) electrons. The topological polar surface area (TPSA) is 87.8 Å². The first-order valence-electron chi connectivity index (χ1n) is 7.43. The summed E-state index contributed by atoms with van der Waals surface area (Å²) in [7, 11) is -2.82. The second-order valence-electron chi connectivity index (χ2n) is 5.68. The van der Waals surface area contributed by atoms with Crippen molar-refractivity contribution in [3.63, 3.8) is 0 Å². The molecule has 130 valence electrons. The number of anilines is 1. The van der Waals surface area contributed by atoms with E-state index in [0.29, 0.717) is 25.6 Å². The maximum atomic E-state index is 11.3. The summed E-state index contributed by atoms with van der Waals surface area (Å²) in [6, 6.07) is 6.05. The van der Waals surface area contributed by atoms with E-state index in [-0.39, 0.29) is 35.5 Å². The molecular weight excluding hydrogens is 427 g/mol. The molecule has 23 heavy (non-hydrogen) atoms. The van der Waals surface area contributed by atoms with Crippen molar-refractivity contribution in [1.82, 2.24) is 4.90 Å². The minimum absolute atomic E-state index is 0. The first-order chi connectivity index (χ1) is 10.4. The van der Waals surface area contributed by atoms with Crippen molar-refractivity contribution >= 4 is 45.5 Å². The number of aryl methyl sites for hydroxylation is 2. The fraction of sp³-hybridized carbons (Fsp3) is 0.533. The molecule has 0 bridgehead atoms. The molecule has 6 nitrogen and oxygen atoms in total. The van der Waals surface area contributed by atoms with Gasteiger partial charge < -0.3 is 11.1 Å². The number of hydrogen-bond acceptors (Lipinski definition) is 4. The van der Waals surface area contributed by atoms with E-state index in [4.69, 9.17) is 5.73 Å². The van der Waals surface area contributed by atoms with Crippen molar-refractivity contribution in [3.05, 3.63) is 29.3 Å². The average molecular weight is 452 g/mol. The van der Waals surface area contributed by atoms with Gasteiger partial charge in [0.05, 0.1) is 18.1 Å². The van der Waals surface area contributed by atoms with Crippen LogP contribution in [0.2, 0.25) is 0 Å². The highest BCUT2D eigenvalue weighted by Crippen LogP contribution is 2.13. The average Bonchev–Trinajstić information content (AvgIpc) is 2.45. The Morgan fingerprint density at radius 1 is 1.26 bits per heavy atom. The molecule has 1 fully saturated rings. The van der Waals surface area contributed by atoms with Gasteiger partial charge in [-0.05, 0) is 37.1 Å². The SMILES string of the molecule is Cc1ccc(NC(N)=NCCN2CCS(=O)(=O)CC2)cc1C.I. The lowest BCUT2D eigenvalue weighted by Crippen LogP contribution is -2.41. The van der Waals surface area contributed by atoms with E-state index in [1.54, 1.807) is 0 Å². The molecule has 0 atom stereocenters. The Morgan fingerprint density at radius 3 is 2.52 bits per heavy atom. The number of nitrogens with zero attached hydrogens (tertiary/aromatic N) is 2. The summed E-state index contributed by atoms with van der Waals surface area (Å²) in [5, 5.41) is 3.07. The third kappa shape index (κ3) is 6.64. The molecule has 0 saturated carbocycles. The van der Waals surface area contributed by atoms with Gasteiger partial charge in [0, 0.05) is 25.3 Å². The molecule has 1 aromatic carbocycles. The van der Waals surface area contributed by atoms with Crippen LogP contribution in [0.25, 0.3) is 0 Å². The Kier molecular flexibility index (Phi) is 7.75. The molecule has 1 aromatic rings. The smallest absolute Gasteiger partial charge is 0.193 e. The summed E-state index contributed by atoms with van der Waals surface area (Å²) in [4.78, 5) is 6.40. The Bertz CT molecular complexity index is 647. The van der Waals surface area contributed by atoms with Crippen LogP contribution in [0.1, 0.15) is 11.1 Å². The fourth-order valence-corrected chi connectivity index (χ4v) is 3.57. The Morgan fingerprint density at radius 2 is 1.91 bits per heavy atom. The van der Waals surface area contributed by atoms with Gasteiger partial charge in [-0.25, -0.2) is 8.42 Å². The second kappa shape index (κ2) is 8.84. The number of nitrogens with two attached hydrogens (primary N) is 1. The lowest BCUT2D eigenvalue weighted by atomic mass is 10.1. The summed E-state index contributed by atoms with van der Waals surface area (Å²) in [5.41, 5.74) is 9.24. The monoisotopic (exact) mass is 452 g/mol. The van der Waals surface area contributed by atoms with Crippen molar-refractivity contribution in [3.8, 4) is 0 Å². The standard InChI is InChI=1S/C15H24N4O2S.HI/c1-12-3-4-14(11-13(12)2)18-15(16)17-5-6-19-7-9-22(20,21)10-8-19;/h3-4,11H,5-10H2,1-2H3,(H3,16,17,18);1H. The third-order valence-corrected chi connectivity index (χ3v) is 5.52. The summed E-state index contributed by atoms with van der Waals surface area (Å²) >= 11 is 0. The summed E-state index contributed by atoms with van der Waals surface area (Å²) in [6.45, 7) is 6.58. The number of sulfone groups is 1. The van der Waals surface area contributed by atoms with Crippen molar-refractivity contribution in [2.45, 2.75) is 13.8 Å². The van der Waals surface area contributed by atoms with Crippen LogP contribution in [0.5, 0.6) is 0 Å². The molecular formula is C15H25IN4O2S. The van der Waals surface area contributed by atoms with Gasteiger partial charge >= 0.3 is 0 Å². The highest BCUT2D eigenvalue weighted by molar-refractivity contribution is 14.0. The summed E-state index contributed by atoms with van der Waals surface area (Å²) in [6.07, 6.45) is 0. The first kappa shape index (κ1) is 20.2. The molecule has 1 aliphatic heterocycles. The molecule has 8 heteroatoms. The number of aliphatic imine (C=N–C) groups is 1. The van der Waals surface area contributed by atoms with Gasteiger partial charge in [0.2, 0.25) is 0 Å². The largest absolute Gasteiger partial charge is 0.370 e. The van der Waals surface area contributed by atoms with Gasteiger partial charge in [0.15, 0.2) is 15.8 Å². The molecule has 1 heterocycles. The number of nitrogens with one attached hydrogen (secondary N) is 1. The van der Waals surface area contributed by atoms with Crippen LogP contribution >= 0.6 is 24.0 Å². The quantitative estimate of drug-likeness (QED) is 0.410. The van der Waals surface area contributed by atoms with Gasteiger partial charge in [-0.2, -0.15) is 0 Å². The van der Waals surface area contributed by atoms with Gasteiger partial charge in [-0.1, -0.05) is 6.07 Å². The molecule has 0 aromatic heterocycles. The van der Waals surface area contributed by atoms with Crippen molar-refractivity contribution in [1.29, 1.82) is 0 Å². The maximum Gasteiger partial charge on any atom is 0.193 e. The zero-order valence-corrected chi connectivity index (χ0v) is 16.7. The molecule has 0 unspecified atom stereocenters. The molecule has 2 rings (SSSR count). The van der Waals surface area contributed by atoms with Crippen LogP contribution in [-0.4, -0.2) is 57.0 Å². The maximum absolute atomic E-state index is 11.3. The van der Waals surface area contributed by atoms with E-state index >= 15 is 0 Å². The minimum Gasteiger partial charge on any atom is -0.370 e. The number of rotatable bonds is 4.